The molecule has 1 unspecified atom stereocenters. The number of non-ortho nitro benzene ring substituents is 1. The van der Waals surface area contributed by atoms with Gasteiger partial charge in [0.1, 0.15) is 12.4 Å². The quantitative estimate of drug-likeness (QED) is 0.405. The molecule has 0 heterocycles. The van der Waals surface area contributed by atoms with E-state index >= 15 is 0 Å². The Labute approximate surface area is 180 Å². The van der Waals surface area contributed by atoms with Gasteiger partial charge in [0.05, 0.1) is 22.6 Å². The van der Waals surface area contributed by atoms with Crippen molar-refractivity contribution in [3.8, 4) is 11.8 Å². The van der Waals surface area contributed by atoms with Crippen LogP contribution in [-0.4, -0.2) is 22.8 Å². The van der Waals surface area contributed by atoms with Crippen LogP contribution < -0.4 is 4.74 Å². The van der Waals surface area contributed by atoms with Gasteiger partial charge in [-0.15, -0.1) is 0 Å². The van der Waals surface area contributed by atoms with Gasteiger partial charge in [0.15, 0.2) is 0 Å². The number of rotatable bonds is 7. The summed E-state index contributed by atoms with van der Waals surface area (Å²) in [5, 5.41) is 20.2. The lowest BCUT2D eigenvalue weighted by Crippen LogP contribution is -2.29. The van der Waals surface area contributed by atoms with Crippen LogP contribution in [0.3, 0.4) is 0 Å². The fraction of sp³-hybridized carbons (Fsp3) is 0.167. The molecule has 31 heavy (non-hydrogen) atoms. The highest BCUT2D eigenvalue weighted by atomic mass is 16.6. The second kappa shape index (κ2) is 9.55. The van der Waals surface area contributed by atoms with Gasteiger partial charge >= 0.3 is 0 Å². The summed E-state index contributed by atoms with van der Waals surface area (Å²) in [5.41, 5.74) is 2.40. The Bertz CT molecular complexity index is 1150. The minimum absolute atomic E-state index is 0.0155. The molecule has 0 aliphatic carbocycles. The van der Waals surface area contributed by atoms with E-state index in [9.17, 15) is 20.2 Å². The molecule has 0 saturated carbocycles. The van der Waals surface area contributed by atoms with Crippen molar-refractivity contribution in [1.82, 2.24) is 4.90 Å². The van der Waals surface area contributed by atoms with E-state index in [0.29, 0.717) is 22.4 Å². The SMILES string of the molecule is CC(c1cccc([N+](=O)[O-])c1)N(C)C(=O)c1cccc(OCc2ccccc2C#N)c1. The summed E-state index contributed by atoms with van der Waals surface area (Å²) in [4.78, 5) is 25.1. The van der Waals surface area contributed by atoms with Crippen molar-refractivity contribution >= 4 is 11.6 Å². The number of benzene rings is 3. The minimum Gasteiger partial charge on any atom is -0.489 e. The van der Waals surface area contributed by atoms with Crippen LogP contribution in [0, 0.1) is 21.4 Å². The smallest absolute Gasteiger partial charge is 0.269 e. The molecule has 0 saturated heterocycles. The molecule has 1 amide bonds. The molecule has 0 N–H and O–H groups in total. The molecule has 0 bridgehead atoms. The van der Waals surface area contributed by atoms with Crippen LogP contribution in [0.4, 0.5) is 5.69 Å². The summed E-state index contributed by atoms with van der Waals surface area (Å²) >= 11 is 0. The monoisotopic (exact) mass is 415 g/mol. The van der Waals surface area contributed by atoms with E-state index in [2.05, 4.69) is 6.07 Å². The van der Waals surface area contributed by atoms with E-state index in [1.807, 2.05) is 19.1 Å². The molecule has 0 spiro atoms. The van der Waals surface area contributed by atoms with Crippen LogP contribution in [0.15, 0.2) is 72.8 Å². The summed E-state index contributed by atoms with van der Waals surface area (Å²) in [6.45, 7) is 2.03. The Morgan fingerprint density at radius 1 is 1.13 bits per heavy atom. The molecule has 3 aromatic carbocycles. The molecule has 0 aliphatic rings. The van der Waals surface area contributed by atoms with Gasteiger partial charge in [-0.05, 0) is 36.8 Å². The number of carbonyl (C=O) groups excluding carboxylic acids is 1. The van der Waals surface area contributed by atoms with Crippen molar-refractivity contribution in [3.05, 3.63) is 105 Å². The maximum atomic E-state index is 13.0. The third-order valence-electron chi connectivity index (χ3n) is 5.08. The number of nitro benzene ring substituents is 1. The van der Waals surface area contributed by atoms with Crippen LogP contribution >= 0.6 is 0 Å². The van der Waals surface area contributed by atoms with Crippen molar-refractivity contribution in [2.24, 2.45) is 0 Å². The van der Waals surface area contributed by atoms with Crippen LogP contribution in [0.1, 0.15) is 40.0 Å². The molecule has 3 rings (SSSR count). The molecule has 3 aromatic rings. The number of amides is 1. The van der Waals surface area contributed by atoms with Gasteiger partial charge in [0, 0.05) is 30.3 Å². The van der Waals surface area contributed by atoms with Crippen molar-refractivity contribution in [1.29, 1.82) is 5.26 Å². The topological polar surface area (TPSA) is 96.5 Å². The number of carbonyl (C=O) groups is 1. The van der Waals surface area contributed by atoms with Crippen molar-refractivity contribution in [2.75, 3.05) is 7.05 Å². The summed E-state index contributed by atoms with van der Waals surface area (Å²) in [5.74, 6) is 0.275. The fourth-order valence-electron chi connectivity index (χ4n) is 3.14. The average Bonchev–Trinajstić information content (AvgIpc) is 2.81. The first-order valence-corrected chi connectivity index (χ1v) is 9.63. The van der Waals surface area contributed by atoms with Crippen LogP contribution in [-0.2, 0) is 6.61 Å². The van der Waals surface area contributed by atoms with Gasteiger partial charge in [-0.2, -0.15) is 5.26 Å². The third kappa shape index (κ3) is 5.06. The molecule has 0 fully saturated rings. The molecule has 7 heteroatoms. The number of nitrogens with zero attached hydrogens (tertiary/aromatic N) is 3. The lowest BCUT2D eigenvalue weighted by Gasteiger charge is -2.25. The Hall–Kier alpha value is -4.18. The zero-order chi connectivity index (χ0) is 22.4. The van der Waals surface area contributed by atoms with Gasteiger partial charge in [-0.25, -0.2) is 0 Å². The van der Waals surface area contributed by atoms with Crippen molar-refractivity contribution < 1.29 is 14.5 Å². The molecular weight excluding hydrogens is 394 g/mol. The van der Waals surface area contributed by atoms with E-state index in [1.165, 1.54) is 17.0 Å². The fourth-order valence-corrected chi connectivity index (χ4v) is 3.14. The average molecular weight is 415 g/mol. The van der Waals surface area contributed by atoms with E-state index in [-0.39, 0.29) is 24.2 Å². The number of nitro groups is 1. The Kier molecular flexibility index (Phi) is 6.63. The minimum atomic E-state index is -0.455. The molecule has 7 nitrogen and oxygen atoms in total. The van der Waals surface area contributed by atoms with Crippen molar-refractivity contribution in [2.45, 2.75) is 19.6 Å². The highest BCUT2D eigenvalue weighted by molar-refractivity contribution is 5.94. The molecule has 1 atom stereocenters. The summed E-state index contributed by atoms with van der Waals surface area (Å²) < 4.78 is 5.80. The first-order chi connectivity index (χ1) is 14.9. The number of nitriles is 1. The lowest BCUT2D eigenvalue weighted by atomic mass is 10.1. The second-order valence-corrected chi connectivity index (χ2v) is 7.03. The van der Waals surface area contributed by atoms with Gasteiger partial charge < -0.3 is 9.64 Å². The maximum Gasteiger partial charge on any atom is 0.269 e. The number of hydrogen-bond donors (Lipinski definition) is 0. The van der Waals surface area contributed by atoms with Crippen LogP contribution in [0.25, 0.3) is 0 Å². The Morgan fingerprint density at radius 2 is 1.87 bits per heavy atom. The predicted octanol–water partition coefficient (Wildman–Crippen LogP) is 4.88. The summed E-state index contributed by atoms with van der Waals surface area (Å²) in [6.07, 6.45) is 0. The maximum absolute atomic E-state index is 13.0. The summed E-state index contributed by atoms with van der Waals surface area (Å²) in [6, 6.07) is 22.0. The van der Waals surface area contributed by atoms with Gasteiger partial charge in [0.25, 0.3) is 11.6 Å². The van der Waals surface area contributed by atoms with Crippen LogP contribution in [0.2, 0.25) is 0 Å². The predicted molar refractivity (Wildman–Crippen MR) is 116 cm³/mol. The molecular formula is C24H21N3O4. The number of hydrogen-bond acceptors (Lipinski definition) is 5. The van der Waals surface area contributed by atoms with E-state index < -0.39 is 4.92 Å². The second-order valence-electron chi connectivity index (χ2n) is 7.03. The molecule has 0 aliphatic heterocycles. The molecule has 0 radical (unpaired) electrons. The van der Waals surface area contributed by atoms with Crippen LogP contribution in [0.5, 0.6) is 5.75 Å². The van der Waals surface area contributed by atoms with Gasteiger partial charge in [-0.1, -0.05) is 36.4 Å². The number of ether oxygens (including phenoxy) is 1. The van der Waals surface area contributed by atoms with E-state index in [1.54, 1.807) is 55.6 Å². The summed E-state index contributed by atoms with van der Waals surface area (Å²) in [7, 11) is 1.66. The molecule has 156 valence electrons. The van der Waals surface area contributed by atoms with E-state index in [4.69, 9.17) is 4.74 Å². The Balaban J connectivity index is 1.74. The normalized spacial score (nSPS) is 11.3. The van der Waals surface area contributed by atoms with Crippen molar-refractivity contribution in [3.63, 3.8) is 0 Å². The first-order valence-electron chi connectivity index (χ1n) is 9.63. The Morgan fingerprint density at radius 3 is 2.61 bits per heavy atom. The third-order valence-corrected chi connectivity index (χ3v) is 5.08. The standard InChI is InChI=1S/C24H21N3O4/c1-17(18-9-5-11-22(13-18)27(29)30)26(2)24(28)19-10-6-12-23(14-19)31-16-21-8-4-3-7-20(21)15-25/h3-14,17H,16H2,1-2H3. The zero-order valence-electron chi connectivity index (χ0n) is 17.2. The highest BCUT2D eigenvalue weighted by Crippen LogP contribution is 2.25. The van der Waals surface area contributed by atoms with Gasteiger partial charge in [-0.3, -0.25) is 14.9 Å². The zero-order valence-corrected chi connectivity index (χ0v) is 17.2. The van der Waals surface area contributed by atoms with E-state index in [0.717, 1.165) is 5.56 Å². The highest BCUT2D eigenvalue weighted by Gasteiger charge is 2.21. The first kappa shape index (κ1) is 21.5. The molecule has 0 aromatic heterocycles. The largest absolute Gasteiger partial charge is 0.489 e. The lowest BCUT2D eigenvalue weighted by molar-refractivity contribution is -0.384. The van der Waals surface area contributed by atoms with Gasteiger partial charge in [0.2, 0.25) is 0 Å².